The van der Waals surface area contributed by atoms with E-state index in [-0.39, 0.29) is 6.04 Å². The summed E-state index contributed by atoms with van der Waals surface area (Å²) in [6.45, 7) is 0. The van der Waals surface area contributed by atoms with Crippen LogP contribution >= 0.6 is 0 Å². The van der Waals surface area contributed by atoms with Crippen LogP contribution in [0.25, 0.3) is 22.2 Å². The third-order valence-corrected chi connectivity index (χ3v) is 5.71. The molecule has 1 atom stereocenters. The zero-order chi connectivity index (χ0) is 20.5. The standard InChI is InChI=1S/C24H21N5O/c1-30-23-12-17(9-10-26-23)24-20-13-18(6-8-22(20)28-29-24)27-21-4-2-3-16-11-15(14-25)5-7-19(16)21/h5-13,21,27H,2-4H2,1H3,(H,28,29)/t21-/m0/s1. The predicted molar refractivity (Wildman–Crippen MR) is 116 cm³/mol. The van der Waals surface area contributed by atoms with Crippen LogP contribution in [0.1, 0.15) is 35.6 Å². The van der Waals surface area contributed by atoms with Crippen molar-refractivity contribution in [2.24, 2.45) is 0 Å². The van der Waals surface area contributed by atoms with Crippen molar-refractivity contribution < 1.29 is 4.74 Å². The van der Waals surface area contributed by atoms with Crippen LogP contribution in [0.3, 0.4) is 0 Å². The number of aryl methyl sites for hydroxylation is 1. The first-order valence-electron chi connectivity index (χ1n) is 10.0. The van der Waals surface area contributed by atoms with Gasteiger partial charge < -0.3 is 10.1 Å². The van der Waals surface area contributed by atoms with Gasteiger partial charge in [0, 0.05) is 28.9 Å². The number of aromatic amines is 1. The summed E-state index contributed by atoms with van der Waals surface area (Å²) in [4.78, 5) is 4.18. The molecule has 4 aromatic rings. The molecular formula is C24H21N5O. The van der Waals surface area contributed by atoms with Gasteiger partial charge >= 0.3 is 0 Å². The highest BCUT2D eigenvalue weighted by Gasteiger charge is 2.21. The number of H-pyrrole nitrogens is 1. The lowest BCUT2D eigenvalue weighted by Crippen LogP contribution is -2.17. The number of hydrogen-bond donors (Lipinski definition) is 2. The van der Waals surface area contributed by atoms with Gasteiger partial charge in [-0.15, -0.1) is 0 Å². The maximum Gasteiger partial charge on any atom is 0.213 e. The number of ether oxygens (including phenoxy) is 1. The van der Waals surface area contributed by atoms with Gasteiger partial charge in [-0.1, -0.05) is 6.07 Å². The van der Waals surface area contributed by atoms with Gasteiger partial charge in [-0.2, -0.15) is 10.4 Å². The molecule has 0 fully saturated rings. The lowest BCUT2D eigenvalue weighted by Gasteiger charge is -2.27. The zero-order valence-corrected chi connectivity index (χ0v) is 16.6. The molecule has 2 aromatic carbocycles. The number of fused-ring (bicyclic) bond motifs is 2. The van der Waals surface area contributed by atoms with Crippen molar-refractivity contribution in [2.45, 2.75) is 25.3 Å². The first-order valence-corrected chi connectivity index (χ1v) is 10.0. The number of methoxy groups -OCH3 is 1. The number of benzene rings is 2. The predicted octanol–water partition coefficient (Wildman–Crippen LogP) is 4.99. The molecule has 0 bridgehead atoms. The average Bonchev–Trinajstić information content (AvgIpc) is 3.22. The van der Waals surface area contributed by atoms with Crippen molar-refractivity contribution in [2.75, 3.05) is 12.4 Å². The molecule has 0 unspecified atom stereocenters. The number of nitrogens with one attached hydrogen (secondary N) is 2. The Morgan fingerprint density at radius 1 is 1.17 bits per heavy atom. The van der Waals surface area contributed by atoms with Crippen LogP contribution in [0.15, 0.2) is 54.7 Å². The molecule has 2 heterocycles. The lowest BCUT2D eigenvalue weighted by molar-refractivity contribution is 0.398. The van der Waals surface area contributed by atoms with E-state index in [0.717, 1.165) is 52.7 Å². The van der Waals surface area contributed by atoms with Gasteiger partial charge in [0.05, 0.1) is 30.3 Å². The highest BCUT2D eigenvalue weighted by atomic mass is 16.5. The van der Waals surface area contributed by atoms with E-state index in [9.17, 15) is 5.26 Å². The van der Waals surface area contributed by atoms with Gasteiger partial charge in [-0.25, -0.2) is 4.98 Å². The summed E-state index contributed by atoms with van der Waals surface area (Å²) < 4.78 is 5.26. The second-order valence-corrected chi connectivity index (χ2v) is 7.53. The summed E-state index contributed by atoms with van der Waals surface area (Å²) in [6.07, 6.45) is 4.93. The molecule has 5 rings (SSSR count). The number of nitrogens with zero attached hydrogens (tertiary/aromatic N) is 3. The Hall–Kier alpha value is -3.85. The van der Waals surface area contributed by atoms with Gasteiger partial charge in [-0.3, -0.25) is 5.10 Å². The van der Waals surface area contributed by atoms with Crippen molar-refractivity contribution in [1.29, 1.82) is 5.26 Å². The molecule has 0 saturated carbocycles. The Kier molecular flexibility index (Phi) is 4.56. The van der Waals surface area contributed by atoms with Gasteiger partial charge in [0.1, 0.15) is 5.69 Å². The summed E-state index contributed by atoms with van der Waals surface area (Å²) in [5, 5.41) is 21.6. The highest BCUT2D eigenvalue weighted by molar-refractivity contribution is 5.95. The van der Waals surface area contributed by atoms with Crippen LogP contribution in [0.2, 0.25) is 0 Å². The van der Waals surface area contributed by atoms with E-state index in [1.165, 1.54) is 11.1 Å². The van der Waals surface area contributed by atoms with Gasteiger partial charge in [0.15, 0.2) is 0 Å². The van der Waals surface area contributed by atoms with Crippen molar-refractivity contribution >= 4 is 16.6 Å². The molecule has 6 nitrogen and oxygen atoms in total. The van der Waals surface area contributed by atoms with Crippen molar-refractivity contribution in [1.82, 2.24) is 15.2 Å². The Morgan fingerprint density at radius 3 is 2.97 bits per heavy atom. The largest absolute Gasteiger partial charge is 0.481 e. The minimum Gasteiger partial charge on any atom is -0.481 e. The number of rotatable bonds is 4. The molecule has 0 spiro atoms. The van der Waals surface area contributed by atoms with E-state index in [0.29, 0.717) is 5.88 Å². The van der Waals surface area contributed by atoms with Gasteiger partial charge in [0.25, 0.3) is 0 Å². The summed E-state index contributed by atoms with van der Waals surface area (Å²) in [7, 11) is 1.61. The third-order valence-electron chi connectivity index (χ3n) is 5.71. The van der Waals surface area contributed by atoms with E-state index >= 15 is 0 Å². The Labute approximate surface area is 174 Å². The summed E-state index contributed by atoms with van der Waals surface area (Å²) in [6, 6.07) is 18.6. The van der Waals surface area contributed by atoms with E-state index in [2.05, 4.69) is 50.8 Å². The maximum atomic E-state index is 9.19. The molecule has 1 aliphatic rings. The smallest absolute Gasteiger partial charge is 0.213 e. The molecule has 2 N–H and O–H groups in total. The molecule has 0 saturated heterocycles. The van der Waals surface area contributed by atoms with E-state index in [1.54, 1.807) is 13.3 Å². The quantitative estimate of drug-likeness (QED) is 0.508. The fourth-order valence-electron chi connectivity index (χ4n) is 4.23. The SMILES string of the molecule is COc1cc(-c2n[nH]c3ccc(N[C@H]4CCCc5cc(C#N)ccc54)cc23)ccn1. The van der Waals surface area contributed by atoms with Gasteiger partial charge in [-0.05, 0) is 66.8 Å². The molecule has 148 valence electrons. The summed E-state index contributed by atoms with van der Waals surface area (Å²) in [5.41, 5.74) is 7.14. The number of aromatic nitrogens is 3. The Bertz CT molecular complexity index is 1270. The molecule has 1 aliphatic carbocycles. The molecule has 30 heavy (non-hydrogen) atoms. The second-order valence-electron chi connectivity index (χ2n) is 7.53. The number of nitriles is 1. The van der Waals surface area contributed by atoms with Crippen LogP contribution in [-0.4, -0.2) is 22.3 Å². The third kappa shape index (κ3) is 3.25. The fourth-order valence-corrected chi connectivity index (χ4v) is 4.23. The lowest BCUT2D eigenvalue weighted by atomic mass is 9.86. The molecular weight excluding hydrogens is 374 g/mol. The first kappa shape index (κ1) is 18.2. The second kappa shape index (κ2) is 7.53. The zero-order valence-electron chi connectivity index (χ0n) is 16.6. The average molecular weight is 395 g/mol. The van der Waals surface area contributed by atoms with Crippen molar-refractivity contribution in [3.8, 4) is 23.2 Å². The summed E-state index contributed by atoms with van der Waals surface area (Å²) in [5.74, 6) is 0.563. The highest BCUT2D eigenvalue weighted by Crippen LogP contribution is 2.35. The van der Waals surface area contributed by atoms with Crippen LogP contribution in [-0.2, 0) is 6.42 Å². The minimum atomic E-state index is 0.232. The number of hydrogen-bond acceptors (Lipinski definition) is 5. The minimum absolute atomic E-state index is 0.232. The van der Waals surface area contributed by atoms with Crippen molar-refractivity contribution in [3.63, 3.8) is 0 Å². The van der Waals surface area contributed by atoms with E-state index in [4.69, 9.17) is 4.74 Å². The normalized spacial score (nSPS) is 15.4. The van der Waals surface area contributed by atoms with Gasteiger partial charge in [0.2, 0.25) is 5.88 Å². The monoisotopic (exact) mass is 395 g/mol. The van der Waals surface area contributed by atoms with Crippen molar-refractivity contribution in [3.05, 3.63) is 71.4 Å². The topological polar surface area (TPSA) is 86.6 Å². The maximum absolute atomic E-state index is 9.19. The number of anilines is 1. The van der Waals surface area contributed by atoms with Crippen LogP contribution in [0.5, 0.6) is 5.88 Å². The molecule has 2 aromatic heterocycles. The summed E-state index contributed by atoms with van der Waals surface area (Å²) >= 11 is 0. The first-order chi connectivity index (χ1) is 14.7. The van der Waals surface area contributed by atoms with Crippen LogP contribution in [0, 0.1) is 11.3 Å². The van der Waals surface area contributed by atoms with Crippen LogP contribution in [0.4, 0.5) is 5.69 Å². The van der Waals surface area contributed by atoms with E-state index < -0.39 is 0 Å². The molecule has 0 radical (unpaired) electrons. The molecule has 0 aliphatic heterocycles. The van der Waals surface area contributed by atoms with Crippen LogP contribution < -0.4 is 10.1 Å². The van der Waals surface area contributed by atoms with E-state index in [1.807, 2.05) is 24.3 Å². The number of pyridine rings is 1. The Balaban J connectivity index is 1.49. The fraction of sp³-hybridized carbons (Fsp3) is 0.208. The molecule has 6 heteroatoms. The Morgan fingerprint density at radius 2 is 2.10 bits per heavy atom. The molecule has 0 amide bonds.